The number of unbranched alkanes of at least 4 members (excludes halogenated alkanes) is 4. The molecule has 0 saturated carbocycles. The van der Waals surface area contributed by atoms with E-state index in [1.54, 1.807) is 13.1 Å². The second kappa shape index (κ2) is 13.5. The summed E-state index contributed by atoms with van der Waals surface area (Å²) in [6.07, 6.45) is 8.99. The summed E-state index contributed by atoms with van der Waals surface area (Å²) >= 11 is 0. The minimum absolute atomic E-state index is 0. The molecule has 2 N–H and O–H groups in total. The van der Waals surface area contributed by atoms with Gasteiger partial charge in [0.2, 0.25) is 0 Å². The number of aliphatic hydroxyl groups excluding tert-OH is 1. The minimum Gasteiger partial charge on any atom is -0.550 e. The molecule has 0 saturated heterocycles. The van der Waals surface area contributed by atoms with Crippen molar-refractivity contribution < 1.29 is 48.3 Å². The van der Waals surface area contributed by atoms with E-state index in [-0.39, 0.29) is 43.2 Å². The zero-order valence-corrected chi connectivity index (χ0v) is 15.5. The van der Waals surface area contributed by atoms with Crippen molar-refractivity contribution in [2.75, 3.05) is 19.8 Å². The van der Waals surface area contributed by atoms with Gasteiger partial charge in [0.25, 0.3) is 0 Å². The number of carbonyl (C=O) groups is 2. The quantitative estimate of drug-likeness (QED) is 0.182. The molecule has 3 atom stereocenters. The first kappa shape index (κ1) is 25.4. The maximum Gasteiger partial charge on any atom is 1.00 e. The van der Waals surface area contributed by atoms with Crippen molar-refractivity contribution in [3.8, 4) is 0 Å². The Hall–Kier alpha value is -0.803. The van der Waals surface area contributed by atoms with Crippen LogP contribution in [0.1, 0.15) is 52.9 Å². The molecule has 0 aromatic heterocycles. The van der Waals surface area contributed by atoms with Crippen LogP contribution in [0, 0.1) is 11.8 Å². The number of quaternary nitrogens is 1. The molecule has 0 amide bonds. The number of aliphatic carboxylic acids is 2. The van der Waals surface area contributed by atoms with Gasteiger partial charge in [-0.1, -0.05) is 33.1 Å². The Morgan fingerprint density at radius 3 is 2.17 bits per heavy atom. The summed E-state index contributed by atoms with van der Waals surface area (Å²) in [5.41, 5.74) is 0. The van der Waals surface area contributed by atoms with Gasteiger partial charge >= 0.3 is 24.8 Å². The van der Waals surface area contributed by atoms with Gasteiger partial charge < -0.3 is 20.1 Å². The molecule has 0 aliphatic carbocycles. The van der Waals surface area contributed by atoms with Gasteiger partial charge in [0, 0.05) is 11.9 Å². The summed E-state index contributed by atoms with van der Waals surface area (Å²) < 4.78 is -0.0730. The number of nitrogens with zero attached hydrogens (tertiary/aromatic N) is 1. The van der Waals surface area contributed by atoms with Gasteiger partial charge in [0.15, 0.2) is 6.73 Å². The number of allylic oxidation sites excluding steroid dienone is 1. The van der Waals surface area contributed by atoms with E-state index < -0.39 is 23.8 Å². The molecule has 0 aromatic carbocycles. The zero-order chi connectivity index (χ0) is 17.9. The van der Waals surface area contributed by atoms with Crippen LogP contribution in [-0.4, -0.2) is 46.5 Å². The van der Waals surface area contributed by atoms with Crippen LogP contribution in [0.3, 0.4) is 0 Å². The molecule has 24 heavy (non-hydrogen) atoms. The van der Waals surface area contributed by atoms with Gasteiger partial charge in [-0.05, 0) is 25.8 Å². The Balaban J connectivity index is 0. The van der Waals surface area contributed by atoms with Crippen LogP contribution in [0.2, 0.25) is 0 Å². The van der Waals surface area contributed by atoms with Crippen LogP contribution < -0.4 is 24.0 Å². The van der Waals surface area contributed by atoms with E-state index in [1.807, 2.05) is 6.08 Å². The Bertz CT molecular complexity index is 378. The summed E-state index contributed by atoms with van der Waals surface area (Å²) in [5, 5.41) is 29.9. The van der Waals surface area contributed by atoms with Crippen molar-refractivity contribution in [3.63, 3.8) is 0 Å². The Labute approximate surface area is 157 Å². The van der Waals surface area contributed by atoms with Crippen molar-refractivity contribution in [2.45, 2.75) is 52.9 Å². The molecule has 0 radical (unpaired) electrons. The molecule has 6 nitrogen and oxygen atoms in total. The smallest absolute Gasteiger partial charge is 0.550 e. The molecule has 3 unspecified atom stereocenters. The van der Waals surface area contributed by atoms with Crippen molar-refractivity contribution in [2.24, 2.45) is 11.8 Å². The molecule has 0 aliphatic heterocycles. The van der Waals surface area contributed by atoms with E-state index in [0.29, 0.717) is 0 Å². The third-order valence-electron chi connectivity index (χ3n) is 4.03. The van der Waals surface area contributed by atoms with Crippen LogP contribution in [-0.2, 0) is 9.59 Å². The van der Waals surface area contributed by atoms with Gasteiger partial charge in [-0.2, -0.15) is 0 Å². The monoisotopic (exact) mass is 336 g/mol. The molecule has 0 aliphatic rings. The van der Waals surface area contributed by atoms with Crippen LogP contribution in [0.5, 0.6) is 0 Å². The Morgan fingerprint density at radius 2 is 1.71 bits per heavy atom. The maximum absolute atomic E-state index is 11.1. The van der Waals surface area contributed by atoms with E-state index >= 15 is 0 Å². The second-order valence-electron chi connectivity index (χ2n) is 6.42. The van der Waals surface area contributed by atoms with Gasteiger partial charge in [-0.3, -0.25) is 9.28 Å². The van der Waals surface area contributed by atoms with Crippen molar-refractivity contribution in [1.29, 1.82) is 0 Å². The first-order valence-electron chi connectivity index (χ1n) is 8.36. The van der Waals surface area contributed by atoms with E-state index in [0.717, 1.165) is 25.7 Å². The third kappa shape index (κ3) is 10.1. The van der Waals surface area contributed by atoms with Gasteiger partial charge in [0.1, 0.15) is 5.92 Å². The largest absolute Gasteiger partial charge is 1.00 e. The zero-order valence-electron chi connectivity index (χ0n) is 15.5. The molecule has 0 fully saturated rings. The number of carboxylic acid groups (broad SMARTS) is 2. The minimum atomic E-state index is -1.19. The van der Waals surface area contributed by atoms with Gasteiger partial charge in [-0.15, -0.1) is 0 Å². The van der Waals surface area contributed by atoms with E-state index in [2.05, 4.69) is 6.92 Å². The number of rotatable bonds is 13. The van der Waals surface area contributed by atoms with Crippen LogP contribution >= 0.6 is 0 Å². The summed E-state index contributed by atoms with van der Waals surface area (Å²) in [7, 11) is 0. The van der Waals surface area contributed by atoms with E-state index in [9.17, 15) is 19.8 Å². The molecule has 7 heteroatoms. The van der Waals surface area contributed by atoms with Gasteiger partial charge in [0.05, 0.1) is 19.3 Å². The molecule has 0 bridgehead atoms. The number of hydrogen-bond acceptors (Lipinski definition) is 4. The molecule has 0 spiro atoms. The van der Waals surface area contributed by atoms with Crippen molar-refractivity contribution in [1.82, 2.24) is 0 Å². The fraction of sp³-hybridized carbons (Fsp3) is 0.765. The summed E-state index contributed by atoms with van der Waals surface area (Å²) in [5.74, 6) is -3.60. The standard InChI is InChI=1S/C17H31NO5.Li/c1-4-5-6-7-8-9-10-18(13-19,11-14(2)16(20)21)12-15(3)17(22)23;/h9-10,14-15,19H,4-8,11-13H2,1-3H3,(H-,20,21,22,23);/q;+1/b10-9+;. The van der Waals surface area contributed by atoms with E-state index in [1.165, 1.54) is 13.3 Å². The first-order valence-corrected chi connectivity index (χ1v) is 8.36. The number of aliphatic hydroxyl groups is 1. The molecular weight excluding hydrogens is 305 g/mol. The van der Waals surface area contributed by atoms with Crippen molar-refractivity contribution in [3.05, 3.63) is 12.3 Å². The average molecular weight is 336 g/mol. The third-order valence-corrected chi connectivity index (χ3v) is 4.03. The first-order chi connectivity index (χ1) is 10.8. The number of hydrogen-bond donors (Lipinski definition) is 2. The topological polar surface area (TPSA) is 97.7 Å². The molecule has 0 rings (SSSR count). The second-order valence-corrected chi connectivity index (χ2v) is 6.42. The number of carbonyl (C=O) groups excluding carboxylic acids is 1. The van der Waals surface area contributed by atoms with Crippen molar-refractivity contribution >= 4 is 11.9 Å². The fourth-order valence-corrected chi connectivity index (χ4v) is 2.59. The average Bonchev–Trinajstić information content (AvgIpc) is 2.50. The van der Waals surface area contributed by atoms with E-state index in [4.69, 9.17) is 5.11 Å². The predicted octanol–water partition coefficient (Wildman–Crippen LogP) is -1.65. The number of carboxylic acids is 2. The summed E-state index contributed by atoms with van der Waals surface area (Å²) in [6.45, 7) is 5.14. The fourth-order valence-electron chi connectivity index (χ4n) is 2.59. The van der Waals surface area contributed by atoms with Crippen LogP contribution in [0.4, 0.5) is 0 Å². The Kier molecular flexibility index (Phi) is 14.3. The SMILES string of the molecule is CCCCCC/C=C/[N+](CO)(CC(C)C(=O)[O-])CC(C)C(=O)O.[Li+]. The molecular formula is C17H31LiNO5+. The summed E-state index contributed by atoms with van der Waals surface area (Å²) in [6, 6.07) is 0. The molecule has 0 aromatic rings. The predicted molar refractivity (Wildman–Crippen MR) is 86.0 cm³/mol. The molecule has 0 heterocycles. The normalized spacial score (nSPS) is 16.2. The Morgan fingerprint density at radius 1 is 1.12 bits per heavy atom. The summed E-state index contributed by atoms with van der Waals surface area (Å²) in [4.78, 5) is 22.1. The van der Waals surface area contributed by atoms with Gasteiger partial charge in [-0.25, -0.2) is 0 Å². The maximum atomic E-state index is 11.1. The van der Waals surface area contributed by atoms with Crippen LogP contribution in [0.15, 0.2) is 12.3 Å². The molecule has 134 valence electrons. The van der Waals surface area contributed by atoms with Crippen LogP contribution in [0.25, 0.3) is 0 Å².